The molecule has 1 aliphatic rings. The minimum absolute atomic E-state index is 0.00341. The van der Waals surface area contributed by atoms with E-state index in [-0.39, 0.29) is 29.1 Å². The average molecular weight is 294 g/mol. The van der Waals surface area contributed by atoms with E-state index in [0.29, 0.717) is 6.42 Å². The number of para-hydroxylation sites is 1. The van der Waals surface area contributed by atoms with Crippen LogP contribution in [0.15, 0.2) is 18.2 Å². The van der Waals surface area contributed by atoms with E-state index in [4.69, 9.17) is 10.6 Å². The predicted molar refractivity (Wildman–Crippen MR) is 76.8 cm³/mol. The third kappa shape index (κ3) is 3.29. The predicted octanol–water partition coefficient (Wildman–Crippen LogP) is 1.18. The number of nitrogens with two attached hydrogens (primary N) is 1. The second kappa shape index (κ2) is 6.51. The minimum atomic E-state index is -0.614. The zero-order valence-corrected chi connectivity index (χ0v) is 11.7. The molecule has 2 unspecified atom stereocenters. The standard InChI is InChI=1S/C13H18N4O4/c1-21-9-6-5-8(7-9)15-13(18)10-3-2-4-11(16-14)12(10)17(19)20/h2-4,8-9,16H,5-7,14H2,1H3,(H,15,18). The summed E-state index contributed by atoms with van der Waals surface area (Å²) in [6.07, 6.45) is 2.51. The van der Waals surface area contributed by atoms with E-state index in [9.17, 15) is 14.9 Å². The zero-order chi connectivity index (χ0) is 15.4. The van der Waals surface area contributed by atoms with Crippen molar-refractivity contribution in [1.82, 2.24) is 5.32 Å². The first kappa shape index (κ1) is 15.2. The van der Waals surface area contributed by atoms with E-state index in [2.05, 4.69) is 10.7 Å². The van der Waals surface area contributed by atoms with Crippen LogP contribution in [0.1, 0.15) is 29.6 Å². The first-order valence-electron chi connectivity index (χ1n) is 6.64. The van der Waals surface area contributed by atoms with Crippen LogP contribution in [0, 0.1) is 10.1 Å². The number of amides is 1. The van der Waals surface area contributed by atoms with Gasteiger partial charge in [-0.25, -0.2) is 0 Å². The van der Waals surface area contributed by atoms with Crippen LogP contribution >= 0.6 is 0 Å². The third-order valence-corrected chi connectivity index (χ3v) is 3.67. The first-order chi connectivity index (χ1) is 10.1. The quantitative estimate of drug-likeness (QED) is 0.426. The van der Waals surface area contributed by atoms with Crippen molar-refractivity contribution in [3.63, 3.8) is 0 Å². The lowest BCUT2D eigenvalue weighted by Crippen LogP contribution is -2.34. The van der Waals surface area contributed by atoms with Crippen molar-refractivity contribution in [3.05, 3.63) is 33.9 Å². The Hall–Kier alpha value is -2.19. The number of carbonyl (C=O) groups excluding carboxylic acids is 1. The van der Waals surface area contributed by atoms with Crippen LogP contribution < -0.4 is 16.6 Å². The molecule has 2 atom stereocenters. The normalized spacial score (nSPS) is 21.0. The van der Waals surface area contributed by atoms with Gasteiger partial charge in [0.25, 0.3) is 5.91 Å². The van der Waals surface area contributed by atoms with E-state index >= 15 is 0 Å². The minimum Gasteiger partial charge on any atom is -0.381 e. The van der Waals surface area contributed by atoms with Gasteiger partial charge in [0.2, 0.25) is 0 Å². The SMILES string of the molecule is COC1CCC(NC(=O)c2cccc(NN)c2[N+](=O)[O-])C1. The summed E-state index contributed by atoms with van der Waals surface area (Å²) in [6.45, 7) is 0. The van der Waals surface area contributed by atoms with Gasteiger partial charge in [-0.3, -0.25) is 20.8 Å². The van der Waals surface area contributed by atoms with E-state index in [1.165, 1.54) is 12.1 Å². The fourth-order valence-electron chi connectivity index (χ4n) is 2.59. The highest BCUT2D eigenvalue weighted by molar-refractivity contribution is 6.00. The van der Waals surface area contributed by atoms with Crippen LogP contribution in [0.3, 0.4) is 0 Å². The summed E-state index contributed by atoms with van der Waals surface area (Å²) in [4.78, 5) is 22.8. The Bertz CT molecular complexity index is 549. The summed E-state index contributed by atoms with van der Waals surface area (Å²) in [5.74, 6) is 4.78. The number of hydrogen-bond acceptors (Lipinski definition) is 6. The van der Waals surface area contributed by atoms with Crippen LogP contribution in [0.2, 0.25) is 0 Å². The maximum atomic E-state index is 12.3. The highest BCUT2D eigenvalue weighted by Gasteiger charge is 2.29. The number of anilines is 1. The van der Waals surface area contributed by atoms with Crippen molar-refractivity contribution in [3.8, 4) is 0 Å². The number of rotatable bonds is 5. The van der Waals surface area contributed by atoms with Crippen molar-refractivity contribution < 1.29 is 14.5 Å². The Balaban J connectivity index is 2.18. The summed E-state index contributed by atoms with van der Waals surface area (Å²) < 4.78 is 5.24. The summed E-state index contributed by atoms with van der Waals surface area (Å²) >= 11 is 0. The van der Waals surface area contributed by atoms with Gasteiger partial charge in [-0.05, 0) is 31.4 Å². The van der Waals surface area contributed by atoms with Crippen molar-refractivity contribution in [2.75, 3.05) is 12.5 Å². The molecule has 0 saturated heterocycles. The number of nitro benzene ring substituents is 1. The summed E-state index contributed by atoms with van der Waals surface area (Å²) in [7, 11) is 1.64. The summed E-state index contributed by atoms with van der Waals surface area (Å²) in [5.41, 5.74) is 2.02. The van der Waals surface area contributed by atoms with Gasteiger partial charge in [0.1, 0.15) is 11.3 Å². The molecule has 4 N–H and O–H groups in total. The lowest BCUT2D eigenvalue weighted by molar-refractivity contribution is -0.384. The molecule has 1 aliphatic carbocycles. The summed E-state index contributed by atoms with van der Waals surface area (Å²) in [6, 6.07) is 4.38. The number of ether oxygens (including phenoxy) is 1. The van der Waals surface area contributed by atoms with Crippen LogP contribution in [-0.2, 0) is 4.74 Å². The molecule has 8 heteroatoms. The second-order valence-electron chi connectivity index (χ2n) is 4.94. The third-order valence-electron chi connectivity index (χ3n) is 3.67. The van der Waals surface area contributed by atoms with Gasteiger partial charge in [0.15, 0.2) is 0 Å². The fourth-order valence-corrected chi connectivity index (χ4v) is 2.59. The number of hydrazine groups is 1. The van der Waals surface area contributed by atoms with Crippen LogP contribution in [0.25, 0.3) is 0 Å². The molecule has 114 valence electrons. The number of nitro groups is 1. The maximum absolute atomic E-state index is 12.3. The van der Waals surface area contributed by atoms with Crippen molar-refractivity contribution >= 4 is 17.3 Å². The molecular formula is C13H18N4O4. The Labute approximate surface area is 121 Å². The van der Waals surface area contributed by atoms with Gasteiger partial charge in [-0.15, -0.1) is 0 Å². The molecule has 8 nitrogen and oxygen atoms in total. The molecule has 1 fully saturated rings. The Morgan fingerprint density at radius 3 is 2.81 bits per heavy atom. The van der Waals surface area contributed by atoms with Crippen LogP contribution in [0.5, 0.6) is 0 Å². The van der Waals surface area contributed by atoms with Crippen LogP contribution in [-0.4, -0.2) is 30.1 Å². The van der Waals surface area contributed by atoms with Crippen molar-refractivity contribution in [1.29, 1.82) is 0 Å². The topological polar surface area (TPSA) is 120 Å². The molecule has 1 amide bonds. The number of carbonyl (C=O) groups is 1. The Morgan fingerprint density at radius 2 is 2.24 bits per heavy atom. The average Bonchev–Trinajstić information content (AvgIpc) is 2.93. The van der Waals surface area contributed by atoms with Crippen molar-refractivity contribution in [2.45, 2.75) is 31.4 Å². The number of nitrogen functional groups attached to an aromatic ring is 1. The van der Waals surface area contributed by atoms with E-state index < -0.39 is 10.8 Å². The second-order valence-corrected chi connectivity index (χ2v) is 4.94. The largest absolute Gasteiger partial charge is 0.381 e. The monoisotopic (exact) mass is 294 g/mol. The van der Waals surface area contributed by atoms with Crippen molar-refractivity contribution in [2.24, 2.45) is 5.84 Å². The Morgan fingerprint density at radius 1 is 1.48 bits per heavy atom. The van der Waals surface area contributed by atoms with Crippen LogP contribution in [0.4, 0.5) is 11.4 Å². The molecular weight excluding hydrogens is 276 g/mol. The highest BCUT2D eigenvalue weighted by atomic mass is 16.6. The molecule has 0 radical (unpaired) electrons. The van der Waals surface area contributed by atoms with E-state index in [0.717, 1.165) is 12.8 Å². The molecule has 0 heterocycles. The number of nitrogens with zero attached hydrogens (tertiary/aromatic N) is 1. The Kier molecular flexibility index (Phi) is 4.71. The van der Waals surface area contributed by atoms with Gasteiger partial charge < -0.3 is 15.5 Å². The highest BCUT2D eigenvalue weighted by Crippen LogP contribution is 2.28. The molecule has 21 heavy (non-hydrogen) atoms. The molecule has 0 aromatic heterocycles. The number of nitrogens with one attached hydrogen (secondary N) is 2. The number of methoxy groups -OCH3 is 1. The first-order valence-corrected chi connectivity index (χ1v) is 6.64. The summed E-state index contributed by atoms with van der Waals surface area (Å²) in [5, 5.41) is 14.0. The van der Waals surface area contributed by atoms with Gasteiger partial charge in [0, 0.05) is 13.2 Å². The molecule has 0 aliphatic heterocycles. The number of hydrogen-bond donors (Lipinski definition) is 3. The molecule has 1 aromatic rings. The fraction of sp³-hybridized carbons (Fsp3) is 0.462. The van der Waals surface area contributed by atoms with Gasteiger partial charge in [-0.1, -0.05) is 6.07 Å². The van der Waals surface area contributed by atoms with Gasteiger partial charge in [0.05, 0.1) is 11.0 Å². The van der Waals surface area contributed by atoms with Gasteiger partial charge in [-0.2, -0.15) is 0 Å². The molecule has 2 rings (SSSR count). The molecule has 1 saturated carbocycles. The maximum Gasteiger partial charge on any atom is 0.306 e. The lowest BCUT2D eigenvalue weighted by atomic mass is 10.1. The smallest absolute Gasteiger partial charge is 0.306 e. The lowest BCUT2D eigenvalue weighted by Gasteiger charge is -2.13. The zero-order valence-electron chi connectivity index (χ0n) is 11.7. The molecule has 1 aromatic carbocycles. The van der Waals surface area contributed by atoms with Gasteiger partial charge >= 0.3 is 5.69 Å². The number of benzene rings is 1. The molecule has 0 bridgehead atoms. The van der Waals surface area contributed by atoms with E-state index in [1.807, 2.05) is 0 Å². The molecule has 0 spiro atoms. The van der Waals surface area contributed by atoms with E-state index in [1.54, 1.807) is 13.2 Å².